The molecule has 2 heteroatoms. The van der Waals surface area contributed by atoms with Crippen molar-refractivity contribution in [1.82, 2.24) is 0 Å². The van der Waals surface area contributed by atoms with Crippen LogP contribution in [0.3, 0.4) is 0 Å². The van der Waals surface area contributed by atoms with Gasteiger partial charge in [0.05, 0.1) is 19.3 Å². The van der Waals surface area contributed by atoms with Gasteiger partial charge in [-0.15, -0.1) is 0 Å². The molecule has 2 nitrogen and oxygen atoms in total. The molecule has 1 saturated carbocycles. The van der Waals surface area contributed by atoms with Crippen molar-refractivity contribution >= 4 is 0 Å². The highest BCUT2D eigenvalue weighted by molar-refractivity contribution is 4.77. The predicted molar refractivity (Wildman–Crippen MR) is 67.6 cm³/mol. The molecule has 2 atom stereocenters. The second-order valence-electron chi connectivity index (χ2n) is 6.28. The van der Waals surface area contributed by atoms with Gasteiger partial charge in [-0.3, -0.25) is 0 Å². The van der Waals surface area contributed by atoms with Crippen LogP contribution in [0.1, 0.15) is 52.9 Å². The predicted octanol–water partition coefficient (Wildman–Crippen LogP) is 3.64. The average molecular weight is 228 g/mol. The fraction of sp³-hybridized carbons (Fsp3) is 1.00. The van der Waals surface area contributed by atoms with Crippen molar-refractivity contribution in [2.24, 2.45) is 11.3 Å². The highest BCUT2D eigenvalue weighted by Gasteiger charge is 2.26. The second kappa shape index (κ2) is 6.61. The lowest BCUT2D eigenvalue weighted by Crippen LogP contribution is -2.26. The summed E-state index contributed by atoms with van der Waals surface area (Å²) in [6.45, 7) is 8.48. The normalized spacial score (nSPS) is 27.0. The summed E-state index contributed by atoms with van der Waals surface area (Å²) >= 11 is 0. The molecular weight excluding hydrogens is 200 g/mol. The highest BCUT2D eigenvalue weighted by Crippen LogP contribution is 2.35. The lowest BCUT2D eigenvalue weighted by Gasteiger charge is -2.33. The number of hydrogen-bond acceptors (Lipinski definition) is 2. The van der Waals surface area contributed by atoms with Gasteiger partial charge in [-0.05, 0) is 30.6 Å². The molecule has 0 bridgehead atoms. The molecule has 2 unspecified atom stereocenters. The van der Waals surface area contributed by atoms with E-state index in [-0.39, 0.29) is 0 Å². The van der Waals surface area contributed by atoms with E-state index in [0.717, 1.165) is 19.1 Å². The van der Waals surface area contributed by atoms with Gasteiger partial charge in [-0.25, -0.2) is 0 Å². The largest absolute Gasteiger partial charge is 0.382 e. The van der Waals surface area contributed by atoms with Gasteiger partial charge in [-0.1, -0.05) is 33.6 Å². The molecule has 0 aliphatic heterocycles. The van der Waals surface area contributed by atoms with Crippen molar-refractivity contribution < 1.29 is 9.47 Å². The third kappa shape index (κ3) is 5.86. The van der Waals surface area contributed by atoms with Crippen LogP contribution >= 0.6 is 0 Å². The van der Waals surface area contributed by atoms with E-state index < -0.39 is 0 Å². The average Bonchev–Trinajstić information content (AvgIpc) is 2.16. The van der Waals surface area contributed by atoms with Crippen LogP contribution in [0.2, 0.25) is 0 Å². The molecule has 0 heterocycles. The molecule has 0 aromatic rings. The zero-order valence-corrected chi connectivity index (χ0v) is 11.4. The summed E-state index contributed by atoms with van der Waals surface area (Å²) in [5.74, 6) is 0.862. The van der Waals surface area contributed by atoms with Gasteiger partial charge in [-0.2, -0.15) is 0 Å². The van der Waals surface area contributed by atoms with E-state index in [1.165, 1.54) is 32.1 Å². The van der Waals surface area contributed by atoms with Crippen LogP contribution in [0, 0.1) is 11.3 Å². The number of rotatable bonds is 5. The van der Waals surface area contributed by atoms with Gasteiger partial charge in [0, 0.05) is 7.11 Å². The van der Waals surface area contributed by atoms with Gasteiger partial charge < -0.3 is 9.47 Å². The SMILES string of the molecule is COCCOC1CCCC(CC(C)(C)C)C1. The minimum absolute atomic E-state index is 0.457. The van der Waals surface area contributed by atoms with Crippen LogP contribution in [0.15, 0.2) is 0 Å². The van der Waals surface area contributed by atoms with Gasteiger partial charge in [0.25, 0.3) is 0 Å². The van der Waals surface area contributed by atoms with Crippen LogP contribution in [0.5, 0.6) is 0 Å². The molecule has 16 heavy (non-hydrogen) atoms. The molecule has 1 aliphatic carbocycles. The molecule has 0 saturated heterocycles. The molecule has 1 rings (SSSR count). The van der Waals surface area contributed by atoms with Crippen molar-refractivity contribution in [3.05, 3.63) is 0 Å². The Balaban J connectivity index is 2.24. The number of methoxy groups -OCH3 is 1. The lowest BCUT2D eigenvalue weighted by molar-refractivity contribution is -0.0155. The summed E-state index contributed by atoms with van der Waals surface area (Å²) < 4.78 is 10.9. The van der Waals surface area contributed by atoms with E-state index in [4.69, 9.17) is 9.47 Å². The Morgan fingerprint density at radius 1 is 1.12 bits per heavy atom. The minimum atomic E-state index is 0.457. The molecule has 0 aromatic heterocycles. The van der Waals surface area contributed by atoms with Crippen molar-refractivity contribution in [3.8, 4) is 0 Å². The molecule has 0 amide bonds. The zero-order valence-electron chi connectivity index (χ0n) is 11.4. The molecule has 1 fully saturated rings. The second-order valence-corrected chi connectivity index (χ2v) is 6.28. The summed E-state index contributed by atoms with van der Waals surface area (Å²) in [6.07, 6.45) is 7.03. The molecule has 0 radical (unpaired) electrons. The maximum Gasteiger partial charge on any atom is 0.0704 e. The molecular formula is C14H28O2. The maximum absolute atomic E-state index is 5.84. The van der Waals surface area contributed by atoms with Crippen molar-refractivity contribution in [2.45, 2.75) is 59.0 Å². The van der Waals surface area contributed by atoms with Crippen LogP contribution in [-0.2, 0) is 9.47 Å². The Hall–Kier alpha value is -0.0800. The first kappa shape index (κ1) is 14.0. The summed E-state index contributed by atoms with van der Waals surface area (Å²) in [5.41, 5.74) is 0.457. The summed E-state index contributed by atoms with van der Waals surface area (Å²) in [4.78, 5) is 0. The lowest BCUT2D eigenvalue weighted by atomic mass is 9.77. The van der Waals surface area contributed by atoms with Crippen LogP contribution in [0.4, 0.5) is 0 Å². The van der Waals surface area contributed by atoms with Gasteiger partial charge >= 0.3 is 0 Å². The highest BCUT2D eigenvalue weighted by atomic mass is 16.5. The van der Waals surface area contributed by atoms with Gasteiger partial charge in [0.2, 0.25) is 0 Å². The first-order chi connectivity index (χ1) is 7.51. The Labute approximate surface area is 101 Å². The Bertz CT molecular complexity index is 184. The van der Waals surface area contributed by atoms with E-state index in [9.17, 15) is 0 Å². The Kier molecular flexibility index (Phi) is 5.77. The summed E-state index contributed by atoms with van der Waals surface area (Å²) in [5, 5.41) is 0. The summed E-state index contributed by atoms with van der Waals surface area (Å²) in [6, 6.07) is 0. The Morgan fingerprint density at radius 3 is 2.50 bits per heavy atom. The van der Waals surface area contributed by atoms with Crippen LogP contribution in [0.25, 0.3) is 0 Å². The summed E-state index contributed by atoms with van der Waals surface area (Å²) in [7, 11) is 1.73. The van der Waals surface area contributed by atoms with E-state index >= 15 is 0 Å². The number of hydrogen-bond donors (Lipinski definition) is 0. The quantitative estimate of drug-likeness (QED) is 0.669. The third-order valence-electron chi connectivity index (χ3n) is 3.28. The van der Waals surface area contributed by atoms with E-state index in [2.05, 4.69) is 20.8 Å². The first-order valence-electron chi connectivity index (χ1n) is 6.62. The third-order valence-corrected chi connectivity index (χ3v) is 3.28. The topological polar surface area (TPSA) is 18.5 Å². The van der Waals surface area contributed by atoms with E-state index in [1.54, 1.807) is 7.11 Å². The van der Waals surface area contributed by atoms with Gasteiger partial charge in [0.1, 0.15) is 0 Å². The standard InChI is InChI=1S/C14H28O2/c1-14(2,3)11-12-6-5-7-13(10-12)16-9-8-15-4/h12-13H,5-11H2,1-4H3. The monoisotopic (exact) mass is 228 g/mol. The van der Waals surface area contributed by atoms with E-state index in [1.807, 2.05) is 0 Å². The zero-order chi connectivity index (χ0) is 12.0. The molecule has 1 aliphatic rings. The molecule has 0 N–H and O–H groups in total. The van der Waals surface area contributed by atoms with Gasteiger partial charge in [0.15, 0.2) is 0 Å². The molecule has 0 aromatic carbocycles. The van der Waals surface area contributed by atoms with Crippen LogP contribution < -0.4 is 0 Å². The van der Waals surface area contributed by atoms with Crippen molar-refractivity contribution in [2.75, 3.05) is 20.3 Å². The minimum Gasteiger partial charge on any atom is -0.382 e. The van der Waals surface area contributed by atoms with Crippen molar-refractivity contribution in [1.29, 1.82) is 0 Å². The van der Waals surface area contributed by atoms with E-state index in [0.29, 0.717) is 11.5 Å². The molecule has 96 valence electrons. The van der Waals surface area contributed by atoms with Crippen molar-refractivity contribution in [3.63, 3.8) is 0 Å². The molecule has 0 spiro atoms. The fourth-order valence-electron chi connectivity index (χ4n) is 2.74. The number of ether oxygens (including phenoxy) is 2. The maximum atomic E-state index is 5.84. The Morgan fingerprint density at radius 2 is 1.88 bits per heavy atom. The fourth-order valence-corrected chi connectivity index (χ4v) is 2.74. The smallest absolute Gasteiger partial charge is 0.0704 e. The first-order valence-corrected chi connectivity index (χ1v) is 6.62. The van der Waals surface area contributed by atoms with Crippen LogP contribution in [-0.4, -0.2) is 26.4 Å².